The van der Waals surface area contributed by atoms with E-state index in [4.69, 9.17) is 4.74 Å². The summed E-state index contributed by atoms with van der Waals surface area (Å²) < 4.78 is 43.9. The minimum absolute atomic E-state index is 0.104. The van der Waals surface area contributed by atoms with Crippen LogP contribution in [0.2, 0.25) is 0 Å². The number of rotatable bonds is 5. The van der Waals surface area contributed by atoms with Gasteiger partial charge in [-0.25, -0.2) is 0 Å². The number of ether oxygens (including phenoxy) is 1. The van der Waals surface area contributed by atoms with Crippen LogP contribution < -0.4 is 15.4 Å². The van der Waals surface area contributed by atoms with Gasteiger partial charge in [-0.15, -0.1) is 0 Å². The Morgan fingerprint density at radius 1 is 1.13 bits per heavy atom. The van der Waals surface area contributed by atoms with E-state index in [-0.39, 0.29) is 18.3 Å². The summed E-state index contributed by atoms with van der Waals surface area (Å²) in [6.45, 7) is 0.791. The van der Waals surface area contributed by atoms with E-state index in [9.17, 15) is 22.8 Å². The molecule has 1 aliphatic heterocycles. The number of likely N-dealkylation sites (N-methyl/N-ethyl adjacent to an activating group) is 1. The summed E-state index contributed by atoms with van der Waals surface area (Å²) in [5.41, 5.74) is 1.04. The molecule has 2 aromatic carbocycles. The normalized spacial score (nSPS) is 14.1. The van der Waals surface area contributed by atoms with Gasteiger partial charge in [-0.2, -0.15) is 13.2 Å². The molecule has 2 amide bonds. The van der Waals surface area contributed by atoms with Gasteiger partial charge in [0, 0.05) is 18.7 Å². The van der Waals surface area contributed by atoms with Crippen molar-refractivity contribution in [2.75, 3.05) is 32.6 Å². The van der Waals surface area contributed by atoms with Crippen molar-refractivity contribution in [2.45, 2.75) is 18.6 Å². The van der Waals surface area contributed by atoms with Gasteiger partial charge in [0.05, 0.1) is 18.2 Å². The zero-order chi connectivity index (χ0) is 21.9. The van der Waals surface area contributed by atoms with Crippen LogP contribution in [0.25, 0.3) is 0 Å². The summed E-state index contributed by atoms with van der Waals surface area (Å²) >= 11 is 0. The molecule has 3 rings (SSSR count). The summed E-state index contributed by atoms with van der Waals surface area (Å²) in [5.74, 6) is -1.11. The minimum Gasteiger partial charge on any atom is -0.493 e. The smallest absolute Gasteiger partial charge is 0.416 e. The Bertz CT molecular complexity index is 945. The van der Waals surface area contributed by atoms with Crippen LogP contribution in [-0.4, -0.2) is 44.0 Å². The fourth-order valence-electron chi connectivity index (χ4n) is 3.24. The largest absolute Gasteiger partial charge is 0.493 e. The number of nitrogens with zero attached hydrogens (tertiary/aromatic N) is 1. The average molecular weight is 421 g/mol. The number of hydrogen-bond acceptors (Lipinski definition) is 4. The highest BCUT2D eigenvalue weighted by Crippen LogP contribution is 2.31. The van der Waals surface area contributed by atoms with Crippen molar-refractivity contribution in [3.8, 4) is 5.75 Å². The van der Waals surface area contributed by atoms with Crippen molar-refractivity contribution in [1.82, 2.24) is 10.2 Å². The lowest BCUT2D eigenvalue weighted by Crippen LogP contribution is -2.40. The highest BCUT2D eigenvalue weighted by atomic mass is 19.4. The van der Waals surface area contributed by atoms with Crippen molar-refractivity contribution in [1.29, 1.82) is 0 Å². The third-order valence-electron chi connectivity index (χ3n) is 4.83. The summed E-state index contributed by atoms with van der Waals surface area (Å²) in [5, 5.41) is 4.75. The third kappa shape index (κ3) is 5.10. The quantitative estimate of drug-likeness (QED) is 0.729. The van der Waals surface area contributed by atoms with Gasteiger partial charge >= 0.3 is 18.0 Å². The van der Waals surface area contributed by atoms with E-state index in [1.54, 1.807) is 0 Å². The molecule has 2 aromatic rings. The monoisotopic (exact) mass is 421 g/mol. The van der Waals surface area contributed by atoms with Crippen LogP contribution in [-0.2, 0) is 22.2 Å². The van der Waals surface area contributed by atoms with Crippen LogP contribution in [0.3, 0.4) is 0 Å². The molecule has 0 saturated carbocycles. The average Bonchev–Trinajstić information content (AvgIpc) is 3.15. The molecule has 0 fully saturated rings. The molecule has 2 N–H and O–H groups in total. The number of carbonyl (C=O) groups is 2. The van der Waals surface area contributed by atoms with E-state index in [2.05, 4.69) is 10.6 Å². The topological polar surface area (TPSA) is 70.7 Å². The van der Waals surface area contributed by atoms with Gasteiger partial charge in [0.2, 0.25) is 0 Å². The predicted molar refractivity (Wildman–Crippen MR) is 105 cm³/mol. The van der Waals surface area contributed by atoms with Crippen molar-refractivity contribution in [3.05, 3.63) is 59.2 Å². The van der Waals surface area contributed by atoms with Crippen molar-refractivity contribution in [3.63, 3.8) is 0 Å². The second-order valence-electron chi connectivity index (χ2n) is 7.19. The molecule has 6 nitrogen and oxygen atoms in total. The molecule has 160 valence electrons. The van der Waals surface area contributed by atoms with E-state index < -0.39 is 23.6 Å². The second-order valence-corrected chi connectivity index (χ2v) is 7.19. The summed E-state index contributed by atoms with van der Waals surface area (Å²) in [4.78, 5) is 26.2. The highest BCUT2D eigenvalue weighted by Gasteiger charge is 2.30. The van der Waals surface area contributed by atoms with Gasteiger partial charge < -0.3 is 20.3 Å². The van der Waals surface area contributed by atoms with E-state index in [1.165, 1.54) is 6.07 Å². The number of fused-ring (bicyclic) bond motifs is 1. The Hall–Kier alpha value is -3.07. The first-order valence-electron chi connectivity index (χ1n) is 9.33. The molecule has 0 aromatic heterocycles. The molecule has 0 saturated heterocycles. The Morgan fingerprint density at radius 3 is 2.60 bits per heavy atom. The molecular weight excluding hydrogens is 399 g/mol. The molecule has 30 heavy (non-hydrogen) atoms. The number of halogens is 3. The molecule has 1 aliphatic rings. The van der Waals surface area contributed by atoms with Gasteiger partial charge in [0.1, 0.15) is 5.75 Å². The molecule has 0 aliphatic carbocycles. The second kappa shape index (κ2) is 8.74. The number of benzene rings is 2. The third-order valence-corrected chi connectivity index (χ3v) is 4.83. The lowest BCUT2D eigenvalue weighted by atomic mass is 10.0. The SMILES string of the molecule is CN(C)[C@H](CNC(=O)C(=O)Nc1cccc(C(F)(F)F)c1)c1ccc2c(c1)CCO2. The maximum atomic E-state index is 12.8. The minimum atomic E-state index is -4.54. The van der Waals surface area contributed by atoms with Crippen LogP contribution in [0.1, 0.15) is 22.7 Å². The number of carbonyl (C=O) groups excluding carboxylic acids is 2. The van der Waals surface area contributed by atoms with E-state index in [1.807, 2.05) is 37.2 Å². The van der Waals surface area contributed by atoms with E-state index in [0.717, 1.165) is 41.5 Å². The number of hydrogen-bond donors (Lipinski definition) is 2. The molecule has 9 heteroatoms. The van der Waals surface area contributed by atoms with E-state index in [0.29, 0.717) is 6.61 Å². The summed E-state index contributed by atoms with van der Waals surface area (Å²) in [6.07, 6.45) is -3.72. The van der Waals surface area contributed by atoms with Crippen molar-refractivity contribution < 1.29 is 27.5 Å². The van der Waals surface area contributed by atoms with Crippen LogP contribution in [0.5, 0.6) is 5.75 Å². The molecule has 0 bridgehead atoms. The number of nitrogens with one attached hydrogen (secondary N) is 2. The fourth-order valence-corrected chi connectivity index (χ4v) is 3.24. The standard InChI is InChI=1S/C21H22F3N3O3/c1-27(2)17(13-6-7-18-14(10-13)8-9-30-18)12-25-19(28)20(29)26-16-5-3-4-15(11-16)21(22,23)24/h3-7,10-11,17H,8-9,12H2,1-2H3,(H,25,28)(H,26,29)/t17-/m1/s1. The van der Waals surface area contributed by atoms with Crippen LogP contribution in [0.4, 0.5) is 18.9 Å². The first-order valence-corrected chi connectivity index (χ1v) is 9.33. The molecule has 0 unspecified atom stereocenters. The number of anilines is 1. The van der Waals surface area contributed by atoms with Gasteiger partial charge in [-0.3, -0.25) is 9.59 Å². The van der Waals surface area contributed by atoms with Crippen molar-refractivity contribution in [2.24, 2.45) is 0 Å². The summed E-state index contributed by atoms with van der Waals surface area (Å²) in [7, 11) is 3.70. The van der Waals surface area contributed by atoms with E-state index >= 15 is 0 Å². The zero-order valence-corrected chi connectivity index (χ0v) is 16.5. The fraction of sp³-hybridized carbons (Fsp3) is 0.333. The van der Waals surface area contributed by atoms with Crippen molar-refractivity contribution >= 4 is 17.5 Å². The first-order chi connectivity index (χ1) is 14.1. The lowest BCUT2D eigenvalue weighted by molar-refractivity contribution is -0.137. The Kier molecular flexibility index (Phi) is 6.31. The van der Waals surface area contributed by atoms with Crippen LogP contribution >= 0.6 is 0 Å². The molecule has 0 spiro atoms. The maximum absolute atomic E-state index is 12.8. The Balaban J connectivity index is 1.62. The van der Waals surface area contributed by atoms with Gasteiger partial charge in [-0.05, 0) is 49.5 Å². The lowest BCUT2D eigenvalue weighted by Gasteiger charge is -2.25. The molecular formula is C21H22F3N3O3. The maximum Gasteiger partial charge on any atom is 0.416 e. The highest BCUT2D eigenvalue weighted by molar-refractivity contribution is 6.39. The molecule has 1 heterocycles. The Labute approximate surface area is 172 Å². The number of amides is 2. The molecule has 0 radical (unpaired) electrons. The van der Waals surface area contributed by atoms with Crippen LogP contribution in [0, 0.1) is 0 Å². The van der Waals surface area contributed by atoms with Crippen LogP contribution in [0.15, 0.2) is 42.5 Å². The Morgan fingerprint density at radius 2 is 1.90 bits per heavy atom. The summed E-state index contributed by atoms with van der Waals surface area (Å²) in [6, 6.07) is 9.73. The number of alkyl halides is 3. The van der Waals surface area contributed by atoms with Gasteiger partial charge in [0.25, 0.3) is 0 Å². The molecule has 1 atom stereocenters. The predicted octanol–water partition coefficient (Wildman–Crippen LogP) is 3.00. The van der Waals surface area contributed by atoms with Gasteiger partial charge in [0.15, 0.2) is 0 Å². The zero-order valence-electron chi connectivity index (χ0n) is 16.5. The van der Waals surface area contributed by atoms with Gasteiger partial charge in [-0.1, -0.05) is 18.2 Å². The first kappa shape index (κ1) is 21.6.